The average molecular weight is 409 g/mol. The normalized spacial score (nSPS) is 12.4. The standard InChI is InChI=1S/C26H23N3O2/c1-17-5-7-19(8-6-17)24-16-31-25(29-24)20-10-12-22(13-11-20)27-26(30)28-23-14-9-18-3-2-4-21(18)15-23/h5-16H,2-4H2,1H3,(H2,27,28,30). The van der Waals surface area contributed by atoms with Crippen molar-refractivity contribution >= 4 is 17.4 Å². The molecule has 154 valence electrons. The molecule has 1 aliphatic carbocycles. The molecule has 0 aliphatic heterocycles. The van der Waals surface area contributed by atoms with Crippen LogP contribution in [0.5, 0.6) is 0 Å². The molecule has 0 fully saturated rings. The van der Waals surface area contributed by atoms with Crippen molar-refractivity contribution in [3.63, 3.8) is 0 Å². The molecule has 2 N–H and O–H groups in total. The van der Waals surface area contributed by atoms with Crippen molar-refractivity contribution in [2.75, 3.05) is 10.6 Å². The first kappa shape index (κ1) is 19.1. The molecule has 0 radical (unpaired) electrons. The van der Waals surface area contributed by atoms with Gasteiger partial charge < -0.3 is 15.1 Å². The molecule has 0 bridgehead atoms. The van der Waals surface area contributed by atoms with E-state index in [9.17, 15) is 4.79 Å². The summed E-state index contributed by atoms with van der Waals surface area (Å²) in [5.41, 5.74) is 8.11. The van der Waals surface area contributed by atoms with E-state index >= 15 is 0 Å². The van der Waals surface area contributed by atoms with Crippen LogP contribution in [0.3, 0.4) is 0 Å². The lowest BCUT2D eigenvalue weighted by Gasteiger charge is -2.09. The van der Waals surface area contributed by atoms with E-state index in [2.05, 4.69) is 46.8 Å². The summed E-state index contributed by atoms with van der Waals surface area (Å²) < 4.78 is 5.66. The number of oxazole rings is 1. The van der Waals surface area contributed by atoms with Crippen LogP contribution >= 0.6 is 0 Å². The first-order valence-corrected chi connectivity index (χ1v) is 10.5. The third-order valence-corrected chi connectivity index (χ3v) is 5.60. The molecule has 1 heterocycles. The van der Waals surface area contributed by atoms with Gasteiger partial charge in [-0.25, -0.2) is 9.78 Å². The van der Waals surface area contributed by atoms with Crippen molar-refractivity contribution in [1.29, 1.82) is 0 Å². The smallest absolute Gasteiger partial charge is 0.323 e. The first-order valence-electron chi connectivity index (χ1n) is 10.5. The predicted molar refractivity (Wildman–Crippen MR) is 123 cm³/mol. The summed E-state index contributed by atoms with van der Waals surface area (Å²) in [6.45, 7) is 2.06. The second-order valence-electron chi connectivity index (χ2n) is 7.90. The minimum absolute atomic E-state index is 0.261. The van der Waals surface area contributed by atoms with Crippen LogP contribution in [0.2, 0.25) is 0 Å². The lowest BCUT2D eigenvalue weighted by atomic mass is 10.1. The van der Waals surface area contributed by atoms with Crippen molar-refractivity contribution in [1.82, 2.24) is 4.98 Å². The molecule has 31 heavy (non-hydrogen) atoms. The summed E-state index contributed by atoms with van der Waals surface area (Å²) in [6, 6.07) is 21.5. The van der Waals surface area contributed by atoms with E-state index in [1.165, 1.54) is 23.1 Å². The van der Waals surface area contributed by atoms with Crippen molar-refractivity contribution < 1.29 is 9.21 Å². The first-order chi connectivity index (χ1) is 15.1. The van der Waals surface area contributed by atoms with Gasteiger partial charge in [0.05, 0.1) is 0 Å². The van der Waals surface area contributed by atoms with Crippen molar-refractivity contribution in [2.24, 2.45) is 0 Å². The van der Waals surface area contributed by atoms with Crippen LogP contribution in [0.25, 0.3) is 22.7 Å². The van der Waals surface area contributed by atoms with E-state index in [0.717, 1.165) is 35.3 Å². The van der Waals surface area contributed by atoms with Crippen LogP contribution in [0, 0.1) is 6.92 Å². The van der Waals surface area contributed by atoms with Crippen molar-refractivity contribution in [2.45, 2.75) is 26.2 Å². The Balaban J connectivity index is 1.24. The number of hydrogen-bond donors (Lipinski definition) is 2. The molecule has 0 unspecified atom stereocenters. The van der Waals surface area contributed by atoms with Gasteiger partial charge in [-0.1, -0.05) is 35.9 Å². The number of fused-ring (bicyclic) bond motifs is 1. The third-order valence-electron chi connectivity index (χ3n) is 5.60. The molecule has 0 saturated heterocycles. The summed E-state index contributed by atoms with van der Waals surface area (Å²) in [4.78, 5) is 17.0. The molecular formula is C26H23N3O2. The number of benzene rings is 3. The molecule has 1 aromatic heterocycles. The number of nitrogens with one attached hydrogen (secondary N) is 2. The van der Waals surface area contributed by atoms with E-state index in [0.29, 0.717) is 11.6 Å². The molecule has 3 aromatic carbocycles. The number of carbonyl (C=O) groups is 1. The number of anilines is 2. The third kappa shape index (κ3) is 4.21. The Morgan fingerprint density at radius 2 is 1.52 bits per heavy atom. The average Bonchev–Trinajstić information content (AvgIpc) is 3.44. The van der Waals surface area contributed by atoms with Crippen molar-refractivity contribution in [3.8, 4) is 22.7 Å². The van der Waals surface area contributed by atoms with Gasteiger partial charge in [0.2, 0.25) is 5.89 Å². The highest BCUT2D eigenvalue weighted by Crippen LogP contribution is 2.27. The van der Waals surface area contributed by atoms with Gasteiger partial charge in [0.25, 0.3) is 0 Å². The number of aryl methyl sites for hydroxylation is 3. The zero-order valence-corrected chi connectivity index (χ0v) is 17.3. The highest BCUT2D eigenvalue weighted by molar-refractivity contribution is 5.99. The molecule has 4 aromatic rings. The van der Waals surface area contributed by atoms with E-state index in [1.807, 2.05) is 42.5 Å². The zero-order chi connectivity index (χ0) is 21.2. The maximum Gasteiger partial charge on any atom is 0.323 e. The molecule has 5 heteroatoms. The Labute approximate surface area is 181 Å². The van der Waals surface area contributed by atoms with Gasteiger partial charge in [-0.15, -0.1) is 0 Å². The maximum absolute atomic E-state index is 12.4. The van der Waals surface area contributed by atoms with Gasteiger partial charge in [-0.3, -0.25) is 0 Å². The minimum Gasteiger partial charge on any atom is -0.444 e. The molecular weight excluding hydrogens is 386 g/mol. The fourth-order valence-electron chi connectivity index (χ4n) is 3.90. The van der Waals surface area contributed by atoms with Gasteiger partial charge >= 0.3 is 6.03 Å². The van der Waals surface area contributed by atoms with E-state index in [4.69, 9.17) is 4.42 Å². The number of rotatable bonds is 4. The number of aromatic nitrogens is 1. The second-order valence-corrected chi connectivity index (χ2v) is 7.90. The highest BCUT2D eigenvalue weighted by atomic mass is 16.3. The minimum atomic E-state index is -0.261. The number of amides is 2. The maximum atomic E-state index is 12.4. The SMILES string of the molecule is Cc1ccc(-c2coc(-c3ccc(NC(=O)Nc4ccc5c(c4)CCC5)cc3)n2)cc1. The van der Waals surface area contributed by atoms with Crippen LogP contribution in [0.1, 0.15) is 23.1 Å². The summed E-state index contributed by atoms with van der Waals surface area (Å²) in [5.74, 6) is 0.546. The molecule has 5 nitrogen and oxygen atoms in total. The van der Waals surface area contributed by atoms with Gasteiger partial charge in [-0.05, 0) is 73.7 Å². The molecule has 0 spiro atoms. The van der Waals surface area contributed by atoms with Crippen LogP contribution < -0.4 is 10.6 Å². The van der Waals surface area contributed by atoms with E-state index < -0.39 is 0 Å². The van der Waals surface area contributed by atoms with Crippen molar-refractivity contribution in [3.05, 3.63) is 89.7 Å². The molecule has 5 rings (SSSR count). The lowest BCUT2D eigenvalue weighted by Crippen LogP contribution is -2.19. The summed E-state index contributed by atoms with van der Waals surface area (Å²) in [7, 11) is 0. The van der Waals surface area contributed by atoms with Gasteiger partial charge in [-0.2, -0.15) is 0 Å². The predicted octanol–water partition coefficient (Wildman–Crippen LogP) is 6.45. The molecule has 0 saturated carbocycles. The fourth-order valence-corrected chi connectivity index (χ4v) is 3.90. The second kappa shape index (κ2) is 8.11. The number of hydrogen-bond acceptors (Lipinski definition) is 3. The largest absolute Gasteiger partial charge is 0.444 e. The number of nitrogens with zero attached hydrogens (tertiary/aromatic N) is 1. The quantitative estimate of drug-likeness (QED) is 0.407. The monoisotopic (exact) mass is 409 g/mol. The number of urea groups is 1. The Morgan fingerprint density at radius 1 is 0.839 bits per heavy atom. The Kier molecular flexibility index (Phi) is 5.00. The summed E-state index contributed by atoms with van der Waals surface area (Å²) in [6.07, 6.45) is 5.07. The van der Waals surface area contributed by atoms with Gasteiger partial charge in [0.15, 0.2) is 0 Å². The van der Waals surface area contributed by atoms with Crippen LogP contribution in [-0.2, 0) is 12.8 Å². The topological polar surface area (TPSA) is 67.2 Å². The van der Waals surface area contributed by atoms with Gasteiger partial charge in [0.1, 0.15) is 12.0 Å². The summed E-state index contributed by atoms with van der Waals surface area (Å²) >= 11 is 0. The van der Waals surface area contributed by atoms with E-state index in [1.54, 1.807) is 6.26 Å². The Hall–Kier alpha value is -3.86. The lowest BCUT2D eigenvalue weighted by molar-refractivity contribution is 0.262. The summed E-state index contributed by atoms with van der Waals surface area (Å²) in [5, 5.41) is 5.78. The van der Waals surface area contributed by atoms with Crippen LogP contribution in [-0.4, -0.2) is 11.0 Å². The molecule has 1 aliphatic rings. The fraction of sp³-hybridized carbons (Fsp3) is 0.154. The van der Waals surface area contributed by atoms with Crippen LogP contribution in [0.4, 0.5) is 16.2 Å². The Morgan fingerprint density at radius 3 is 2.32 bits per heavy atom. The zero-order valence-electron chi connectivity index (χ0n) is 17.3. The number of carbonyl (C=O) groups excluding carboxylic acids is 1. The van der Waals surface area contributed by atoms with E-state index in [-0.39, 0.29) is 6.03 Å². The van der Waals surface area contributed by atoms with Crippen LogP contribution in [0.15, 0.2) is 77.4 Å². The highest BCUT2D eigenvalue weighted by Gasteiger charge is 2.12. The molecule has 2 amide bonds. The Bertz CT molecular complexity index is 1220. The van der Waals surface area contributed by atoms with Gasteiger partial charge in [0, 0.05) is 22.5 Å². The molecule has 0 atom stereocenters.